The van der Waals surface area contributed by atoms with Crippen LogP contribution in [0.5, 0.6) is 0 Å². The molecular formula is C22H22N4O2. The molecule has 0 bridgehead atoms. The Labute approximate surface area is 162 Å². The van der Waals surface area contributed by atoms with Crippen LogP contribution in [0.1, 0.15) is 24.1 Å². The fraction of sp³-hybridized carbons (Fsp3) is 0.227. The van der Waals surface area contributed by atoms with E-state index in [4.69, 9.17) is 0 Å². The summed E-state index contributed by atoms with van der Waals surface area (Å²) in [5, 5.41) is 8.81. The lowest BCUT2D eigenvalue weighted by atomic mass is 10.1. The highest BCUT2D eigenvalue weighted by atomic mass is 16.2. The van der Waals surface area contributed by atoms with Crippen LogP contribution in [0.4, 0.5) is 0 Å². The molecule has 6 heteroatoms. The van der Waals surface area contributed by atoms with E-state index < -0.39 is 6.04 Å². The van der Waals surface area contributed by atoms with E-state index in [0.717, 1.165) is 21.9 Å². The number of aryl methyl sites for hydroxylation is 2. The summed E-state index contributed by atoms with van der Waals surface area (Å²) >= 11 is 0. The Balaban J connectivity index is 1.74. The summed E-state index contributed by atoms with van der Waals surface area (Å²) in [4.78, 5) is 25.7. The molecule has 1 N–H and O–H groups in total. The first kappa shape index (κ1) is 18.0. The topological polar surface area (TPSA) is 68.9 Å². The summed E-state index contributed by atoms with van der Waals surface area (Å²) in [5.74, 6) is -0.137. The van der Waals surface area contributed by atoms with E-state index in [1.54, 1.807) is 13.2 Å². The standard InChI is InChI=1S/C22H22N4O2/c1-14-8-10-16(11-9-14)12-23-21(27)15(2)26-19-7-5-4-6-17(19)18-13-24-25(3)22(28)20(18)26/h4-11,13,15H,12H2,1-3H3,(H,23,27)/t15-/m0/s1. The second-order valence-electron chi connectivity index (χ2n) is 7.10. The number of carbonyl (C=O) groups is 1. The van der Waals surface area contributed by atoms with Gasteiger partial charge in [0.2, 0.25) is 5.91 Å². The van der Waals surface area contributed by atoms with Crippen LogP contribution in [0.3, 0.4) is 0 Å². The fourth-order valence-electron chi connectivity index (χ4n) is 3.55. The van der Waals surface area contributed by atoms with Gasteiger partial charge in [0, 0.05) is 24.4 Å². The number of nitrogens with one attached hydrogen (secondary N) is 1. The summed E-state index contributed by atoms with van der Waals surface area (Å²) in [5.41, 5.74) is 3.34. The molecule has 4 aromatic rings. The molecule has 0 radical (unpaired) electrons. The van der Waals surface area contributed by atoms with Crippen LogP contribution >= 0.6 is 0 Å². The predicted molar refractivity (Wildman–Crippen MR) is 110 cm³/mol. The molecule has 142 valence electrons. The number of fused-ring (bicyclic) bond motifs is 3. The highest BCUT2D eigenvalue weighted by molar-refractivity contribution is 6.08. The second kappa shape index (κ2) is 6.96. The molecule has 0 aliphatic carbocycles. The van der Waals surface area contributed by atoms with E-state index in [1.807, 2.05) is 66.9 Å². The SMILES string of the molecule is Cc1ccc(CNC(=O)[C@H](C)n2c3ccccc3c3cnn(C)c(=O)c32)cc1. The zero-order valence-corrected chi connectivity index (χ0v) is 16.1. The fourth-order valence-corrected chi connectivity index (χ4v) is 3.55. The monoisotopic (exact) mass is 374 g/mol. The van der Waals surface area contributed by atoms with Crippen LogP contribution in [-0.4, -0.2) is 20.3 Å². The maximum atomic E-state index is 12.9. The van der Waals surface area contributed by atoms with Gasteiger partial charge in [-0.15, -0.1) is 0 Å². The van der Waals surface area contributed by atoms with Gasteiger partial charge >= 0.3 is 0 Å². The van der Waals surface area contributed by atoms with Crippen molar-refractivity contribution in [2.75, 3.05) is 0 Å². The second-order valence-corrected chi connectivity index (χ2v) is 7.10. The smallest absolute Gasteiger partial charge is 0.291 e. The van der Waals surface area contributed by atoms with Gasteiger partial charge in [0.05, 0.1) is 11.7 Å². The van der Waals surface area contributed by atoms with Crippen LogP contribution in [0.15, 0.2) is 59.5 Å². The number of nitrogens with zero attached hydrogens (tertiary/aromatic N) is 3. The van der Waals surface area contributed by atoms with Crippen LogP contribution < -0.4 is 10.9 Å². The molecule has 1 atom stereocenters. The number of rotatable bonds is 4. The van der Waals surface area contributed by atoms with Gasteiger partial charge in [-0.05, 0) is 25.5 Å². The molecule has 2 heterocycles. The quantitative estimate of drug-likeness (QED) is 0.597. The Kier molecular flexibility index (Phi) is 4.47. The molecular weight excluding hydrogens is 352 g/mol. The van der Waals surface area contributed by atoms with Crippen LogP contribution in [0, 0.1) is 6.92 Å². The number of amides is 1. The molecule has 1 amide bonds. The molecule has 2 aromatic carbocycles. The van der Waals surface area contributed by atoms with Crippen molar-refractivity contribution in [2.45, 2.75) is 26.4 Å². The number of para-hydroxylation sites is 1. The van der Waals surface area contributed by atoms with Crippen molar-refractivity contribution in [1.29, 1.82) is 0 Å². The summed E-state index contributed by atoms with van der Waals surface area (Å²) in [6, 6.07) is 15.2. The minimum Gasteiger partial charge on any atom is -0.350 e. The van der Waals surface area contributed by atoms with Crippen LogP contribution in [0.2, 0.25) is 0 Å². The average molecular weight is 374 g/mol. The van der Waals surface area contributed by atoms with Gasteiger partial charge in [-0.1, -0.05) is 48.0 Å². The van der Waals surface area contributed by atoms with Gasteiger partial charge in [0.15, 0.2) is 0 Å². The van der Waals surface area contributed by atoms with Gasteiger partial charge in [-0.2, -0.15) is 5.10 Å². The Hall–Kier alpha value is -3.41. The molecule has 0 aliphatic heterocycles. The molecule has 0 fully saturated rings. The molecule has 0 spiro atoms. The third-order valence-corrected chi connectivity index (χ3v) is 5.16. The number of carbonyl (C=O) groups excluding carboxylic acids is 1. The highest BCUT2D eigenvalue weighted by Crippen LogP contribution is 2.29. The van der Waals surface area contributed by atoms with Crippen molar-refractivity contribution in [3.05, 3.63) is 76.2 Å². The lowest BCUT2D eigenvalue weighted by Gasteiger charge is -2.16. The Bertz CT molecular complexity index is 1240. The Morgan fingerprint density at radius 3 is 2.57 bits per heavy atom. The number of aromatic nitrogens is 3. The predicted octanol–water partition coefficient (Wildman–Crippen LogP) is 3.07. The van der Waals surface area contributed by atoms with Crippen molar-refractivity contribution in [2.24, 2.45) is 7.05 Å². The lowest BCUT2D eigenvalue weighted by molar-refractivity contribution is -0.123. The summed E-state index contributed by atoms with van der Waals surface area (Å²) < 4.78 is 3.12. The number of benzene rings is 2. The molecule has 6 nitrogen and oxygen atoms in total. The molecule has 0 saturated carbocycles. The van der Waals surface area contributed by atoms with Gasteiger partial charge in [-0.25, -0.2) is 4.68 Å². The highest BCUT2D eigenvalue weighted by Gasteiger charge is 2.23. The van der Waals surface area contributed by atoms with E-state index in [2.05, 4.69) is 10.4 Å². The van der Waals surface area contributed by atoms with Gasteiger partial charge < -0.3 is 9.88 Å². The zero-order valence-electron chi connectivity index (χ0n) is 16.1. The van der Waals surface area contributed by atoms with Gasteiger partial charge in [0.25, 0.3) is 5.56 Å². The third kappa shape index (κ3) is 2.97. The normalized spacial score (nSPS) is 12.4. The maximum Gasteiger partial charge on any atom is 0.291 e. The van der Waals surface area contributed by atoms with Crippen molar-refractivity contribution in [1.82, 2.24) is 19.7 Å². The molecule has 0 saturated heterocycles. The lowest BCUT2D eigenvalue weighted by Crippen LogP contribution is -2.32. The molecule has 0 unspecified atom stereocenters. The summed E-state index contributed by atoms with van der Waals surface area (Å²) in [7, 11) is 1.62. The first-order chi connectivity index (χ1) is 13.5. The molecule has 28 heavy (non-hydrogen) atoms. The molecule has 2 aromatic heterocycles. The Morgan fingerprint density at radius 1 is 1.11 bits per heavy atom. The largest absolute Gasteiger partial charge is 0.350 e. The summed E-state index contributed by atoms with van der Waals surface area (Å²) in [6.45, 7) is 4.29. The summed E-state index contributed by atoms with van der Waals surface area (Å²) in [6.07, 6.45) is 1.69. The first-order valence-electron chi connectivity index (χ1n) is 9.25. The number of hydrogen-bond donors (Lipinski definition) is 1. The van der Waals surface area contributed by atoms with Crippen molar-refractivity contribution < 1.29 is 4.79 Å². The van der Waals surface area contributed by atoms with E-state index in [9.17, 15) is 9.59 Å². The minimum atomic E-state index is -0.539. The van der Waals surface area contributed by atoms with E-state index in [0.29, 0.717) is 12.1 Å². The zero-order chi connectivity index (χ0) is 19.8. The van der Waals surface area contributed by atoms with E-state index in [-0.39, 0.29) is 11.5 Å². The average Bonchev–Trinajstić information content (AvgIpc) is 3.04. The molecule has 4 rings (SSSR count). The van der Waals surface area contributed by atoms with Crippen LogP contribution in [0.25, 0.3) is 21.8 Å². The van der Waals surface area contributed by atoms with Crippen molar-refractivity contribution in [3.8, 4) is 0 Å². The van der Waals surface area contributed by atoms with Crippen LogP contribution in [-0.2, 0) is 18.4 Å². The molecule has 0 aliphatic rings. The number of hydrogen-bond acceptors (Lipinski definition) is 3. The third-order valence-electron chi connectivity index (χ3n) is 5.16. The maximum absolute atomic E-state index is 12.9. The van der Waals surface area contributed by atoms with Crippen molar-refractivity contribution >= 4 is 27.7 Å². The minimum absolute atomic E-state index is 0.137. The van der Waals surface area contributed by atoms with E-state index >= 15 is 0 Å². The van der Waals surface area contributed by atoms with Crippen molar-refractivity contribution in [3.63, 3.8) is 0 Å². The first-order valence-corrected chi connectivity index (χ1v) is 9.25. The van der Waals surface area contributed by atoms with Gasteiger partial charge in [0.1, 0.15) is 11.6 Å². The van der Waals surface area contributed by atoms with Gasteiger partial charge in [-0.3, -0.25) is 9.59 Å². The Morgan fingerprint density at radius 2 is 1.82 bits per heavy atom. The van der Waals surface area contributed by atoms with E-state index in [1.165, 1.54) is 10.2 Å².